The molecule has 0 saturated carbocycles. The summed E-state index contributed by atoms with van der Waals surface area (Å²) >= 11 is 0. The highest BCUT2D eigenvalue weighted by atomic mass is 16.1. The summed E-state index contributed by atoms with van der Waals surface area (Å²) in [7, 11) is 0. The number of hydrogen-bond donors (Lipinski definition) is 0. The average Bonchev–Trinajstić information content (AvgIpc) is 2.39. The molecule has 1 unspecified atom stereocenters. The Kier molecular flexibility index (Phi) is 3.57. The van der Waals surface area contributed by atoms with Crippen molar-refractivity contribution < 1.29 is 4.79 Å². The van der Waals surface area contributed by atoms with Crippen LogP contribution in [0.5, 0.6) is 0 Å². The third kappa shape index (κ3) is 2.54. The Labute approximate surface area is 102 Å². The van der Waals surface area contributed by atoms with Crippen molar-refractivity contribution in [2.24, 2.45) is 5.92 Å². The van der Waals surface area contributed by atoms with Crippen molar-refractivity contribution in [1.29, 1.82) is 0 Å². The molecule has 1 aliphatic rings. The first-order chi connectivity index (χ1) is 8.22. The molecular formula is C14H18N2O. The zero-order valence-corrected chi connectivity index (χ0v) is 10.4. The van der Waals surface area contributed by atoms with Crippen LogP contribution in [0.3, 0.4) is 0 Å². The Hall–Kier alpha value is -1.64. The second-order valence-electron chi connectivity index (χ2n) is 4.45. The van der Waals surface area contributed by atoms with Crippen LogP contribution in [-0.2, 0) is 4.79 Å². The lowest BCUT2D eigenvalue weighted by Crippen LogP contribution is -2.28. The summed E-state index contributed by atoms with van der Waals surface area (Å²) in [5.74, 6) is 0.636. The summed E-state index contributed by atoms with van der Waals surface area (Å²) in [6, 6.07) is 3.95. The second kappa shape index (κ2) is 5.13. The summed E-state index contributed by atoms with van der Waals surface area (Å²) in [4.78, 5) is 18.0. The minimum absolute atomic E-state index is 0.260. The van der Waals surface area contributed by atoms with E-state index < -0.39 is 0 Å². The van der Waals surface area contributed by atoms with Crippen LogP contribution in [0.25, 0.3) is 0 Å². The lowest BCUT2D eigenvalue weighted by molar-refractivity contribution is -0.115. The molecule has 0 fully saturated rings. The average molecular weight is 230 g/mol. The van der Waals surface area contributed by atoms with E-state index in [1.54, 1.807) is 12.4 Å². The molecule has 0 spiro atoms. The van der Waals surface area contributed by atoms with Gasteiger partial charge in [-0.3, -0.25) is 9.78 Å². The number of hydrogen-bond acceptors (Lipinski definition) is 3. The highest BCUT2D eigenvalue weighted by molar-refractivity contribution is 5.96. The van der Waals surface area contributed by atoms with Crippen molar-refractivity contribution >= 4 is 11.5 Å². The summed E-state index contributed by atoms with van der Waals surface area (Å²) in [6.45, 7) is 5.01. The fourth-order valence-electron chi connectivity index (χ4n) is 2.14. The van der Waals surface area contributed by atoms with Crippen LogP contribution in [0, 0.1) is 5.92 Å². The fraction of sp³-hybridized carbons (Fsp3) is 0.429. The van der Waals surface area contributed by atoms with E-state index in [9.17, 15) is 4.79 Å². The molecule has 3 nitrogen and oxygen atoms in total. The molecular weight excluding hydrogens is 212 g/mol. The van der Waals surface area contributed by atoms with Gasteiger partial charge < -0.3 is 4.90 Å². The zero-order chi connectivity index (χ0) is 12.3. The van der Waals surface area contributed by atoms with Crippen LogP contribution in [-0.4, -0.2) is 17.3 Å². The highest BCUT2D eigenvalue weighted by Crippen LogP contribution is 2.26. The highest BCUT2D eigenvalue weighted by Gasteiger charge is 2.22. The first-order valence-electron chi connectivity index (χ1n) is 6.14. The third-order valence-corrected chi connectivity index (χ3v) is 3.27. The van der Waals surface area contributed by atoms with Gasteiger partial charge in [0.25, 0.3) is 0 Å². The largest absolute Gasteiger partial charge is 0.347 e. The van der Waals surface area contributed by atoms with Crippen LogP contribution in [0.1, 0.15) is 26.7 Å². The van der Waals surface area contributed by atoms with Crippen LogP contribution >= 0.6 is 0 Å². The number of aromatic nitrogens is 1. The van der Waals surface area contributed by atoms with Gasteiger partial charge in [-0.05, 0) is 24.5 Å². The molecule has 0 bridgehead atoms. The van der Waals surface area contributed by atoms with Crippen LogP contribution < -0.4 is 4.90 Å². The number of allylic oxidation sites excluding steroid dienone is 1. The molecule has 3 heteroatoms. The van der Waals surface area contributed by atoms with Gasteiger partial charge in [0.05, 0.1) is 0 Å². The summed E-state index contributed by atoms with van der Waals surface area (Å²) in [6.07, 6.45) is 7.18. The van der Waals surface area contributed by atoms with Crippen molar-refractivity contribution in [2.75, 3.05) is 11.4 Å². The van der Waals surface area contributed by atoms with Gasteiger partial charge in [-0.15, -0.1) is 0 Å². The molecule has 0 N–H and O–H groups in total. The second-order valence-corrected chi connectivity index (χ2v) is 4.45. The number of ketones is 1. The monoisotopic (exact) mass is 230 g/mol. The molecule has 0 aliphatic carbocycles. The molecule has 1 aromatic heterocycles. The molecule has 1 aliphatic heterocycles. The maximum absolute atomic E-state index is 11.8. The smallest absolute Gasteiger partial charge is 0.160 e. The minimum atomic E-state index is 0.260. The number of nitrogens with zero attached hydrogens (tertiary/aromatic N) is 2. The van der Waals surface area contributed by atoms with Crippen molar-refractivity contribution in [3.8, 4) is 0 Å². The van der Waals surface area contributed by atoms with Gasteiger partial charge >= 0.3 is 0 Å². The predicted octanol–water partition coefficient (Wildman–Crippen LogP) is 2.79. The van der Waals surface area contributed by atoms with Gasteiger partial charge in [0.2, 0.25) is 0 Å². The van der Waals surface area contributed by atoms with Crippen molar-refractivity contribution in [3.63, 3.8) is 0 Å². The summed E-state index contributed by atoms with van der Waals surface area (Å²) in [5.41, 5.74) is 2.06. The summed E-state index contributed by atoms with van der Waals surface area (Å²) < 4.78 is 0. The van der Waals surface area contributed by atoms with Gasteiger partial charge in [0.15, 0.2) is 5.78 Å². The van der Waals surface area contributed by atoms with E-state index in [-0.39, 0.29) is 5.78 Å². The van der Waals surface area contributed by atoms with Crippen LogP contribution in [0.15, 0.2) is 36.3 Å². The summed E-state index contributed by atoms with van der Waals surface area (Å²) in [5, 5.41) is 0. The van der Waals surface area contributed by atoms with E-state index in [0.29, 0.717) is 12.3 Å². The maximum Gasteiger partial charge on any atom is 0.160 e. The number of Topliss-reactive ketones (excluding diaryl/α,β-unsaturated/α-hetero) is 1. The Morgan fingerprint density at radius 1 is 1.47 bits per heavy atom. The third-order valence-electron chi connectivity index (χ3n) is 3.27. The van der Waals surface area contributed by atoms with Gasteiger partial charge in [-0.25, -0.2) is 0 Å². The predicted molar refractivity (Wildman–Crippen MR) is 68.7 cm³/mol. The quantitative estimate of drug-likeness (QED) is 0.800. The molecule has 2 rings (SSSR count). The molecule has 2 heterocycles. The normalized spacial score (nSPS) is 20.0. The van der Waals surface area contributed by atoms with Crippen molar-refractivity contribution in [2.45, 2.75) is 26.7 Å². The fourth-order valence-corrected chi connectivity index (χ4v) is 2.14. The number of rotatable bonds is 3. The van der Waals surface area contributed by atoms with E-state index >= 15 is 0 Å². The standard InChI is InChI=1S/C14H18N2O/c1-3-14(17)13-10-16(9-6-11(13)2)12-4-7-15-8-5-12/h4-5,7-8,10-11H,3,6,9H2,1-2H3. The minimum Gasteiger partial charge on any atom is -0.347 e. The molecule has 17 heavy (non-hydrogen) atoms. The Morgan fingerprint density at radius 3 is 2.82 bits per heavy atom. The number of anilines is 1. The first-order valence-corrected chi connectivity index (χ1v) is 6.14. The van der Waals surface area contributed by atoms with Crippen molar-refractivity contribution in [1.82, 2.24) is 4.98 Å². The number of carbonyl (C=O) groups is 1. The number of carbonyl (C=O) groups excluding carboxylic acids is 1. The molecule has 0 amide bonds. The van der Waals surface area contributed by atoms with E-state index in [1.165, 1.54) is 0 Å². The zero-order valence-electron chi connectivity index (χ0n) is 10.4. The Bertz CT molecular complexity index is 425. The topological polar surface area (TPSA) is 33.2 Å². The van der Waals surface area contributed by atoms with E-state index in [2.05, 4.69) is 16.8 Å². The lowest BCUT2D eigenvalue weighted by atomic mass is 9.91. The van der Waals surface area contributed by atoms with Gasteiger partial charge in [0, 0.05) is 42.8 Å². The maximum atomic E-state index is 11.8. The molecule has 1 atom stereocenters. The van der Waals surface area contributed by atoms with Crippen LogP contribution in [0.4, 0.5) is 5.69 Å². The molecule has 0 saturated heterocycles. The Balaban J connectivity index is 2.27. The molecule has 1 aromatic rings. The van der Waals surface area contributed by atoms with Gasteiger partial charge in [0.1, 0.15) is 0 Å². The van der Waals surface area contributed by atoms with Crippen molar-refractivity contribution in [3.05, 3.63) is 36.3 Å². The molecule has 0 radical (unpaired) electrons. The van der Waals surface area contributed by atoms with E-state index in [0.717, 1.165) is 24.2 Å². The van der Waals surface area contributed by atoms with E-state index in [1.807, 2.05) is 25.3 Å². The lowest BCUT2D eigenvalue weighted by Gasteiger charge is -2.30. The Morgan fingerprint density at radius 2 is 2.18 bits per heavy atom. The SMILES string of the molecule is CCC(=O)C1=CN(c2ccncc2)CCC1C. The van der Waals surface area contributed by atoms with Gasteiger partial charge in [-0.2, -0.15) is 0 Å². The number of pyridine rings is 1. The molecule has 0 aromatic carbocycles. The van der Waals surface area contributed by atoms with Gasteiger partial charge in [-0.1, -0.05) is 13.8 Å². The van der Waals surface area contributed by atoms with Crippen LogP contribution in [0.2, 0.25) is 0 Å². The first kappa shape index (κ1) is 11.8. The van der Waals surface area contributed by atoms with E-state index in [4.69, 9.17) is 0 Å². The molecule has 90 valence electrons.